The van der Waals surface area contributed by atoms with Crippen LogP contribution in [0.3, 0.4) is 0 Å². The summed E-state index contributed by atoms with van der Waals surface area (Å²) in [7, 11) is 0. The molecule has 17 atom stereocenters. The van der Waals surface area contributed by atoms with Gasteiger partial charge in [-0.05, 0) is 57.8 Å². The minimum absolute atomic E-state index is 0.234. The number of aliphatic hydroxyl groups is 11. The zero-order valence-corrected chi connectivity index (χ0v) is 48.8. The van der Waals surface area contributed by atoms with Gasteiger partial charge in [-0.1, -0.05) is 185 Å². The van der Waals surface area contributed by atoms with Gasteiger partial charge >= 0.3 is 0 Å². The van der Waals surface area contributed by atoms with E-state index in [1.165, 1.54) is 128 Å². The Morgan fingerprint density at radius 3 is 1.25 bits per heavy atom. The number of aliphatic hydroxyl groups excluding tert-OH is 11. The van der Waals surface area contributed by atoms with Crippen LogP contribution in [0.4, 0.5) is 0 Å². The normalized spacial score (nSPS) is 30.2. The molecule has 0 aliphatic carbocycles. The number of ether oxygens (including phenoxy) is 6. The van der Waals surface area contributed by atoms with Crippen LogP contribution in [0.25, 0.3) is 0 Å². The molecule has 3 rings (SSSR count). The van der Waals surface area contributed by atoms with Crippen LogP contribution in [0.15, 0.2) is 36.5 Å². The molecule has 0 aromatic rings. The molecule has 19 heteroatoms. The van der Waals surface area contributed by atoms with Gasteiger partial charge in [0.05, 0.1) is 38.6 Å². The van der Waals surface area contributed by atoms with E-state index in [0.717, 1.165) is 51.4 Å². The number of unbranched alkanes of at least 4 members (excludes halogenated alkanes) is 26. The SMILES string of the molecule is CCCCCCCC/C=C\CCCCCCCCCCCC(=O)NC(COC1OC(CO)C(OC2OC(CO)C(OC3OC(CO)C(O)C(O)C3O)C(O)C2O)C(O)C1O)C(O)/C=C/CC/C=C/CCCCCCCCCCCC. The van der Waals surface area contributed by atoms with Crippen molar-refractivity contribution in [1.82, 2.24) is 5.32 Å². The topological polar surface area (TPSA) is 307 Å². The van der Waals surface area contributed by atoms with Crippen LogP contribution in [0.1, 0.15) is 213 Å². The molecule has 3 heterocycles. The maximum absolute atomic E-state index is 13.3. The summed E-state index contributed by atoms with van der Waals surface area (Å²) in [4.78, 5) is 13.3. The average Bonchev–Trinajstić information content (AvgIpc) is 3.50. The summed E-state index contributed by atoms with van der Waals surface area (Å²) < 4.78 is 34.2. The van der Waals surface area contributed by atoms with E-state index in [1.54, 1.807) is 6.08 Å². The first kappa shape index (κ1) is 72.3. The largest absolute Gasteiger partial charge is 0.394 e. The van der Waals surface area contributed by atoms with E-state index < -0.39 is 124 Å². The van der Waals surface area contributed by atoms with Crippen molar-refractivity contribution in [2.75, 3.05) is 26.4 Å². The van der Waals surface area contributed by atoms with Crippen molar-refractivity contribution in [3.05, 3.63) is 36.5 Å². The Balaban J connectivity index is 1.50. The van der Waals surface area contributed by atoms with Gasteiger partial charge in [-0.3, -0.25) is 4.79 Å². The molecule has 0 saturated carbocycles. The summed E-state index contributed by atoms with van der Waals surface area (Å²) in [5.41, 5.74) is 0. The van der Waals surface area contributed by atoms with E-state index >= 15 is 0 Å². The lowest BCUT2D eigenvalue weighted by atomic mass is 9.96. The van der Waals surface area contributed by atoms with Crippen molar-refractivity contribution in [3.8, 4) is 0 Å². The second-order valence-corrected chi connectivity index (χ2v) is 22.5. The van der Waals surface area contributed by atoms with Crippen LogP contribution in [-0.4, -0.2) is 193 Å². The highest BCUT2D eigenvalue weighted by Gasteiger charge is 2.53. The van der Waals surface area contributed by atoms with Crippen LogP contribution in [-0.2, 0) is 33.2 Å². The fourth-order valence-corrected chi connectivity index (χ4v) is 10.5. The Bertz CT molecular complexity index is 1600. The molecule has 1 amide bonds. The van der Waals surface area contributed by atoms with Gasteiger partial charge in [-0.25, -0.2) is 0 Å². The van der Waals surface area contributed by atoms with Gasteiger partial charge in [-0.15, -0.1) is 0 Å². The number of hydrogen-bond donors (Lipinski definition) is 12. The Morgan fingerprint density at radius 2 is 0.800 bits per heavy atom. The average molecular weight is 1150 g/mol. The van der Waals surface area contributed by atoms with Crippen LogP contribution < -0.4 is 5.32 Å². The minimum Gasteiger partial charge on any atom is -0.394 e. The van der Waals surface area contributed by atoms with Gasteiger partial charge in [0.25, 0.3) is 0 Å². The van der Waals surface area contributed by atoms with Crippen molar-refractivity contribution >= 4 is 5.91 Å². The van der Waals surface area contributed by atoms with E-state index in [-0.39, 0.29) is 18.9 Å². The third kappa shape index (κ3) is 27.8. The van der Waals surface area contributed by atoms with E-state index in [2.05, 4.69) is 43.5 Å². The van der Waals surface area contributed by atoms with E-state index in [4.69, 9.17) is 28.4 Å². The molecule has 12 N–H and O–H groups in total. The van der Waals surface area contributed by atoms with Crippen LogP contribution >= 0.6 is 0 Å². The van der Waals surface area contributed by atoms with Crippen LogP contribution in [0, 0.1) is 0 Å². The van der Waals surface area contributed by atoms with Crippen LogP contribution in [0.2, 0.25) is 0 Å². The number of carbonyl (C=O) groups is 1. The van der Waals surface area contributed by atoms with Crippen molar-refractivity contribution in [2.24, 2.45) is 0 Å². The summed E-state index contributed by atoms with van der Waals surface area (Å²) in [6, 6.07) is -0.989. The van der Waals surface area contributed by atoms with Crippen molar-refractivity contribution in [3.63, 3.8) is 0 Å². The van der Waals surface area contributed by atoms with Crippen molar-refractivity contribution in [1.29, 1.82) is 0 Å². The Labute approximate surface area is 479 Å². The highest BCUT2D eigenvalue weighted by atomic mass is 16.8. The fraction of sp³-hybridized carbons (Fsp3) is 0.885. The lowest BCUT2D eigenvalue weighted by Gasteiger charge is -2.48. The molecule has 0 bridgehead atoms. The molecule has 0 aromatic carbocycles. The first-order chi connectivity index (χ1) is 38.8. The maximum Gasteiger partial charge on any atom is 0.220 e. The van der Waals surface area contributed by atoms with Gasteiger partial charge in [0.2, 0.25) is 5.91 Å². The molecule has 3 fully saturated rings. The molecule has 19 nitrogen and oxygen atoms in total. The summed E-state index contributed by atoms with van der Waals surface area (Å²) in [6.45, 7) is 1.70. The predicted octanol–water partition coefficient (Wildman–Crippen LogP) is 6.10. The number of allylic oxidation sites excluding steroid dienone is 5. The molecule has 80 heavy (non-hydrogen) atoms. The number of rotatable bonds is 46. The number of carbonyl (C=O) groups excluding carboxylic acids is 1. The second-order valence-electron chi connectivity index (χ2n) is 22.5. The lowest BCUT2D eigenvalue weighted by molar-refractivity contribution is -0.379. The lowest BCUT2D eigenvalue weighted by Crippen LogP contribution is -2.66. The first-order valence-corrected chi connectivity index (χ1v) is 31.2. The summed E-state index contributed by atoms with van der Waals surface area (Å²) in [5.74, 6) is -0.288. The first-order valence-electron chi connectivity index (χ1n) is 31.2. The highest BCUT2D eigenvalue weighted by Crippen LogP contribution is 2.33. The zero-order valence-electron chi connectivity index (χ0n) is 48.8. The van der Waals surface area contributed by atoms with Gasteiger partial charge in [-0.2, -0.15) is 0 Å². The Kier molecular flexibility index (Phi) is 40.2. The molecular formula is C61H111NO18. The highest BCUT2D eigenvalue weighted by molar-refractivity contribution is 5.76. The second kappa shape index (κ2) is 44.5. The number of amides is 1. The number of hydrogen-bond acceptors (Lipinski definition) is 18. The standard InChI is InChI=1S/C61H111NO18/c1-3-5-7-9-11-13-15-17-19-21-22-23-25-27-29-31-33-35-37-39-49(67)62-44(45(66)38-36-34-32-30-28-26-24-20-18-16-14-12-10-8-6-4-2)43-75-59-55(73)52(70)57(47(41-64)77-59)80-61-56(74)53(71)58(48(42-65)78-61)79-60-54(72)51(69)50(68)46(40-63)76-60/h17,19,28,30,36,38,44-48,50-61,63-66,68-74H,3-16,18,20-27,29,31-35,37,39-43H2,1-2H3,(H,62,67)/b19-17-,30-28+,38-36+. The van der Waals surface area contributed by atoms with E-state index in [9.17, 15) is 61.0 Å². The third-order valence-corrected chi connectivity index (χ3v) is 15.7. The molecule has 3 saturated heterocycles. The Hall–Kier alpha value is -1.99. The molecule has 468 valence electrons. The molecule has 0 radical (unpaired) electrons. The molecule has 0 aromatic heterocycles. The minimum atomic E-state index is -1.98. The van der Waals surface area contributed by atoms with Crippen molar-refractivity contribution in [2.45, 2.75) is 317 Å². The van der Waals surface area contributed by atoms with E-state index in [1.807, 2.05) is 6.08 Å². The van der Waals surface area contributed by atoms with Gasteiger partial charge in [0.1, 0.15) is 73.2 Å². The van der Waals surface area contributed by atoms with Gasteiger partial charge in [0, 0.05) is 6.42 Å². The van der Waals surface area contributed by atoms with E-state index in [0.29, 0.717) is 12.8 Å². The fourth-order valence-electron chi connectivity index (χ4n) is 10.5. The summed E-state index contributed by atoms with van der Waals surface area (Å²) >= 11 is 0. The zero-order chi connectivity index (χ0) is 58.3. The number of nitrogens with one attached hydrogen (secondary N) is 1. The molecule has 0 spiro atoms. The summed E-state index contributed by atoms with van der Waals surface area (Å²) in [6.07, 6.45) is 21.2. The van der Waals surface area contributed by atoms with Crippen LogP contribution in [0.5, 0.6) is 0 Å². The molecule has 17 unspecified atom stereocenters. The van der Waals surface area contributed by atoms with Gasteiger partial charge < -0.3 is 89.9 Å². The molecule has 3 aliphatic rings. The quantitative estimate of drug-likeness (QED) is 0.0242. The van der Waals surface area contributed by atoms with Gasteiger partial charge in [0.15, 0.2) is 18.9 Å². The summed E-state index contributed by atoms with van der Waals surface area (Å²) in [5, 5.41) is 120. The molecule has 3 aliphatic heterocycles. The van der Waals surface area contributed by atoms with Crippen molar-refractivity contribution < 1.29 is 89.4 Å². The third-order valence-electron chi connectivity index (χ3n) is 15.7. The monoisotopic (exact) mass is 1150 g/mol. The Morgan fingerprint density at radius 1 is 0.438 bits per heavy atom. The predicted molar refractivity (Wildman–Crippen MR) is 305 cm³/mol. The maximum atomic E-state index is 13.3. The molecular weight excluding hydrogens is 1030 g/mol. The smallest absolute Gasteiger partial charge is 0.220 e.